The maximum Gasteiger partial charge on any atom is 0.184 e. The first-order chi connectivity index (χ1) is 5.24. The third-order valence-corrected chi connectivity index (χ3v) is 1.53. The summed E-state index contributed by atoms with van der Waals surface area (Å²) in [5, 5.41) is 0. The number of rotatable bonds is 2. The molecule has 0 saturated heterocycles. The molecule has 0 aliphatic rings. The molecular weight excluding hydrogens is 158 g/mol. The second kappa shape index (κ2) is 3.48. The molecule has 1 aromatic rings. The predicted molar refractivity (Wildman–Crippen MR) is 45.6 cm³/mol. The smallest absolute Gasteiger partial charge is 0.184 e. The topological polar surface area (TPSA) is 38.1 Å². The number of hydrogen-bond acceptors (Lipinski definition) is 4. The minimum Gasteiger partial charge on any atom is -0.255 e. The molecule has 1 rings (SSSR count). The fourth-order valence-electron chi connectivity index (χ4n) is 0.676. The maximum absolute atomic E-state index is 4.45. The Kier molecular flexibility index (Phi) is 2.59. The first-order valence-electron chi connectivity index (χ1n) is 3.39. The van der Waals surface area contributed by atoms with Crippen LogP contribution in [0.1, 0.15) is 25.5 Å². The molecule has 11 heavy (non-hydrogen) atoms. The van der Waals surface area contributed by atoms with E-state index in [4.69, 9.17) is 0 Å². The zero-order chi connectivity index (χ0) is 8.27. The first-order valence-corrected chi connectivity index (χ1v) is 3.76. The van der Waals surface area contributed by atoms with Crippen molar-refractivity contribution in [3.63, 3.8) is 0 Å². The van der Waals surface area contributed by atoms with Crippen LogP contribution in [0.4, 0.5) is 5.82 Å². The van der Waals surface area contributed by atoms with Gasteiger partial charge in [-0.15, -0.1) is 0 Å². The van der Waals surface area contributed by atoms with Gasteiger partial charge in [0.1, 0.15) is 0 Å². The van der Waals surface area contributed by atoms with Gasteiger partial charge in [0, 0.05) is 12.4 Å². The highest BCUT2D eigenvalue weighted by molar-refractivity contribution is 7.47. The van der Waals surface area contributed by atoms with Crippen LogP contribution in [0, 0.1) is 0 Å². The first kappa shape index (κ1) is 8.20. The fourth-order valence-corrected chi connectivity index (χ4v) is 0.771. The molecule has 0 unspecified atom stereocenters. The molecule has 0 aliphatic carbocycles. The molecule has 0 saturated carbocycles. The molecule has 1 aromatic heterocycles. The molecule has 3 nitrogen and oxygen atoms in total. The average molecular weight is 167 g/mol. The Hall–Kier alpha value is -0.900. The largest absolute Gasteiger partial charge is 0.255 e. The Labute approximate surface area is 71.1 Å². The van der Waals surface area contributed by atoms with Crippen molar-refractivity contribution in [2.45, 2.75) is 19.8 Å². The summed E-state index contributed by atoms with van der Waals surface area (Å²) >= 11 is 4.45. The van der Waals surface area contributed by atoms with Gasteiger partial charge in [0.25, 0.3) is 0 Å². The number of aromatic nitrogens is 2. The van der Waals surface area contributed by atoms with E-state index in [0.717, 1.165) is 5.69 Å². The van der Waals surface area contributed by atoms with Crippen molar-refractivity contribution in [3.8, 4) is 0 Å². The Balaban J connectivity index is 2.91. The summed E-state index contributed by atoms with van der Waals surface area (Å²) in [6, 6.07) is 0. The van der Waals surface area contributed by atoms with Crippen LogP contribution in [0.15, 0.2) is 16.8 Å². The Morgan fingerprint density at radius 1 is 1.36 bits per heavy atom. The van der Waals surface area contributed by atoms with Crippen molar-refractivity contribution in [3.05, 3.63) is 18.1 Å². The molecule has 0 radical (unpaired) electrons. The highest BCUT2D eigenvalue weighted by atomic mass is 32.1. The van der Waals surface area contributed by atoms with E-state index in [1.165, 1.54) is 0 Å². The third kappa shape index (κ3) is 2.01. The molecule has 0 N–H and O–H groups in total. The van der Waals surface area contributed by atoms with E-state index >= 15 is 0 Å². The molecule has 0 spiro atoms. The molecule has 4 heteroatoms. The van der Waals surface area contributed by atoms with Crippen molar-refractivity contribution in [2.75, 3.05) is 0 Å². The lowest BCUT2D eigenvalue weighted by atomic mass is 10.1. The summed E-state index contributed by atoms with van der Waals surface area (Å²) in [5.41, 5.74) is 0.965. The Morgan fingerprint density at radius 3 is 2.45 bits per heavy atom. The van der Waals surface area contributed by atoms with E-state index in [-0.39, 0.29) is 0 Å². The normalized spacial score (nSPS) is 10.1. The quantitative estimate of drug-likeness (QED) is 0.675. The predicted octanol–water partition coefficient (Wildman–Crippen LogP) is 1.96. The fraction of sp³-hybridized carbons (Fsp3) is 0.429. The lowest BCUT2D eigenvalue weighted by Crippen LogP contribution is -1.92. The zero-order valence-electron chi connectivity index (χ0n) is 6.48. The van der Waals surface area contributed by atoms with E-state index in [2.05, 4.69) is 40.6 Å². The minimum atomic E-state index is 0.404. The molecule has 0 aliphatic heterocycles. The van der Waals surface area contributed by atoms with Crippen molar-refractivity contribution in [1.82, 2.24) is 9.97 Å². The van der Waals surface area contributed by atoms with Crippen LogP contribution >= 0.6 is 0 Å². The van der Waals surface area contributed by atoms with Gasteiger partial charge in [-0.05, 0) is 5.92 Å². The van der Waals surface area contributed by atoms with Crippen LogP contribution in [0.3, 0.4) is 0 Å². The van der Waals surface area contributed by atoms with E-state index < -0.39 is 0 Å². The average Bonchev–Trinajstić information content (AvgIpc) is 2.05. The Bertz CT molecular complexity index is 242. The standard InChI is InChI=1S/C7H9N3S/c1-5(2)6-3-9-7(10-11)4-8-6/h3-5H,1-2H3. The molecule has 0 aromatic carbocycles. The number of hydrogen-bond donors (Lipinski definition) is 0. The van der Waals surface area contributed by atoms with Crippen molar-refractivity contribution >= 4 is 18.2 Å². The van der Waals surface area contributed by atoms with E-state index in [1.807, 2.05) is 0 Å². The summed E-state index contributed by atoms with van der Waals surface area (Å²) in [6.45, 7) is 4.13. The van der Waals surface area contributed by atoms with Gasteiger partial charge in [-0.1, -0.05) is 13.8 Å². The van der Waals surface area contributed by atoms with Crippen LogP contribution in [0.2, 0.25) is 0 Å². The molecular formula is C7H9N3S. The van der Waals surface area contributed by atoms with Gasteiger partial charge in [0.2, 0.25) is 0 Å². The highest BCUT2D eigenvalue weighted by Crippen LogP contribution is 2.11. The second-order valence-corrected chi connectivity index (χ2v) is 2.73. The molecule has 0 atom stereocenters. The zero-order valence-corrected chi connectivity index (χ0v) is 7.30. The molecule has 0 bridgehead atoms. The van der Waals surface area contributed by atoms with Crippen LogP contribution in [0.5, 0.6) is 0 Å². The lowest BCUT2D eigenvalue weighted by Gasteiger charge is -2.01. The monoisotopic (exact) mass is 167 g/mol. The molecule has 0 fully saturated rings. The van der Waals surface area contributed by atoms with Crippen molar-refractivity contribution < 1.29 is 0 Å². The number of nitrogens with zero attached hydrogens (tertiary/aromatic N) is 3. The molecule has 1 heterocycles. The summed E-state index contributed by atoms with van der Waals surface area (Å²) in [5.74, 6) is 0.908. The van der Waals surface area contributed by atoms with Gasteiger partial charge >= 0.3 is 0 Å². The highest BCUT2D eigenvalue weighted by Gasteiger charge is 1.99. The van der Waals surface area contributed by atoms with Gasteiger partial charge < -0.3 is 0 Å². The van der Waals surface area contributed by atoms with Crippen molar-refractivity contribution in [1.29, 1.82) is 0 Å². The second-order valence-electron chi connectivity index (χ2n) is 2.55. The van der Waals surface area contributed by atoms with Gasteiger partial charge in [0.05, 0.1) is 18.1 Å². The van der Waals surface area contributed by atoms with E-state index in [0.29, 0.717) is 11.7 Å². The molecule has 58 valence electrons. The summed E-state index contributed by atoms with van der Waals surface area (Å²) in [7, 11) is 0. The van der Waals surface area contributed by atoms with Crippen molar-refractivity contribution in [2.24, 2.45) is 4.36 Å². The summed E-state index contributed by atoms with van der Waals surface area (Å²) in [6.07, 6.45) is 3.29. The van der Waals surface area contributed by atoms with Gasteiger partial charge in [-0.2, -0.15) is 4.36 Å². The summed E-state index contributed by atoms with van der Waals surface area (Å²) < 4.78 is 3.48. The third-order valence-electron chi connectivity index (χ3n) is 1.34. The van der Waals surface area contributed by atoms with Crippen LogP contribution in [0.25, 0.3) is 0 Å². The van der Waals surface area contributed by atoms with Crippen LogP contribution in [-0.2, 0) is 12.4 Å². The van der Waals surface area contributed by atoms with E-state index in [1.54, 1.807) is 12.4 Å². The Morgan fingerprint density at radius 2 is 2.09 bits per heavy atom. The maximum atomic E-state index is 4.45. The minimum absolute atomic E-state index is 0.404. The van der Waals surface area contributed by atoms with Gasteiger partial charge in [-0.25, -0.2) is 4.98 Å². The van der Waals surface area contributed by atoms with Crippen LogP contribution < -0.4 is 0 Å². The lowest BCUT2D eigenvalue weighted by molar-refractivity contribution is 0.812. The van der Waals surface area contributed by atoms with Crippen LogP contribution in [-0.4, -0.2) is 9.97 Å². The SMILES string of the molecule is CC(C)c1cnc(N=S)cn1. The molecule has 0 amide bonds. The van der Waals surface area contributed by atoms with Gasteiger partial charge in [-0.3, -0.25) is 4.98 Å². The van der Waals surface area contributed by atoms with E-state index in [9.17, 15) is 0 Å². The van der Waals surface area contributed by atoms with Gasteiger partial charge in [0.15, 0.2) is 5.82 Å². The summed E-state index contributed by atoms with van der Waals surface area (Å²) in [4.78, 5) is 8.11.